The number of anilines is 1. The molecule has 0 spiro atoms. The lowest BCUT2D eigenvalue weighted by Gasteiger charge is -2.09. The summed E-state index contributed by atoms with van der Waals surface area (Å²) in [4.78, 5) is 4.76. The number of nitrogen functional groups attached to an aromatic ring is 1. The van der Waals surface area contributed by atoms with Gasteiger partial charge in [0.15, 0.2) is 0 Å². The highest BCUT2D eigenvalue weighted by atomic mass is 79.9. The van der Waals surface area contributed by atoms with Crippen LogP contribution in [0.3, 0.4) is 0 Å². The zero-order chi connectivity index (χ0) is 15.0. The highest BCUT2D eigenvalue weighted by molar-refractivity contribution is 9.10. The number of aromatic nitrogens is 2. The molecule has 0 fully saturated rings. The molecule has 0 radical (unpaired) electrons. The quantitative estimate of drug-likeness (QED) is 0.656. The Hall–Kier alpha value is -1.52. The number of fused-ring (bicyclic) bond motifs is 1. The fourth-order valence-electron chi connectivity index (χ4n) is 2.47. The summed E-state index contributed by atoms with van der Waals surface area (Å²) in [7, 11) is 0. The second-order valence-electron chi connectivity index (χ2n) is 4.96. The highest BCUT2D eigenvalue weighted by Crippen LogP contribution is 2.32. The maximum absolute atomic E-state index is 6.35. The summed E-state index contributed by atoms with van der Waals surface area (Å²) in [5.41, 5.74) is 9.42. The first-order chi connectivity index (χ1) is 10.1. The van der Waals surface area contributed by atoms with Crippen molar-refractivity contribution in [1.29, 1.82) is 0 Å². The average Bonchev–Trinajstić information content (AvgIpc) is 2.77. The third-order valence-corrected chi connectivity index (χ3v) is 4.20. The topological polar surface area (TPSA) is 43.8 Å². The van der Waals surface area contributed by atoms with Gasteiger partial charge in [-0.2, -0.15) is 0 Å². The Labute approximate surface area is 136 Å². The smallest absolute Gasteiger partial charge is 0.142 e. The van der Waals surface area contributed by atoms with Crippen molar-refractivity contribution in [3.05, 3.63) is 45.9 Å². The average molecular weight is 365 g/mol. The molecule has 21 heavy (non-hydrogen) atoms. The van der Waals surface area contributed by atoms with Gasteiger partial charge >= 0.3 is 0 Å². The van der Waals surface area contributed by atoms with E-state index in [0.29, 0.717) is 10.7 Å². The van der Waals surface area contributed by atoms with E-state index in [9.17, 15) is 0 Å². The maximum Gasteiger partial charge on any atom is 0.142 e. The maximum atomic E-state index is 6.35. The second-order valence-corrected chi connectivity index (χ2v) is 6.28. The molecule has 0 aliphatic rings. The molecule has 0 saturated heterocycles. The number of hydrogen-bond donors (Lipinski definition) is 1. The zero-order valence-electron chi connectivity index (χ0n) is 11.6. The largest absolute Gasteiger partial charge is 0.399 e. The Morgan fingerprint density at radius 1 is 1.24 bits per heavy atom. The van der Waals surface area contributed by atoms with Gasteiger partial charge in [0.25, 0.3) is 0 Å². The lowest BCUT2D eigenvalue weighted by Crippen LogP contribution is -2.00. The van der Waals surface area contributed by atoms with Gasteiger partial charge in [0.05, 0.1) is 16.1 Å². The Kier molecular flexibility index (Phi) is 3.91. The number of nitrogens with two attached hydrogens (primary N) is 1. The third-order valence-electron chi connectivity index (χ3n) is 3.39. The molecule has 0 bridgehead atoms. The first kappa shape index (κ1) is 14.4. The first-order valence-electron chi connectivity index (χ1n) is 6.81. The second kappa shape index (κ2) is 5.70. The van der Waals surface area contributed by atoms with Crippen molar-refractivity contribution in [2.24, 2.45) is 0 Å². The molecule has 1 aromatic heterocycles. The first-order valence-corrected chi connectivity index (χ1v) is 7.98. The van der Waals surface area contributed by atoms with Crippen LogP contribution in [0.4, 0.5) is 5.69 Å². The summed E-state index contributed by atoms with van der Waals surface area (Å²) in [5, 5.41) is 0.627. The van der Waals surface area contributed by atoms with Crippen molar-refractivity contribution in [2.45, 2.75) is 19.9 Å². The summed E-state index contributed by atoms with van der Waals surface area (Å²) in [5.74, 6) is 0.884. The van der Waals surface area contributed by atoms with Gasteiger partial charge in [0, 0.05) is 22.3 Å². The van der Waals surface area contributed by atoms with E-state index in [0.717, 1.165) is 39.9 Å². The molecule has 3 nitrogen and oxygen atoms in total. The van der Waals surface area contributed by atoms with Crippen LogP contribution in [0.25, 0.3) is 22.4 Å². The van der Waals surface area contributed by atoms with Crippen molar-refractivity contribution in [1.82, 2.24) is 9.55 Å². The number of imidazole rings is 1. The van der Waals surface area contributed by atoms with Crippen LogP contribution in [0.1, 0.15) is 13.3 Å². The van der Waals surface area contributed by atoms with E-state index in [-0.39, 0.29) is 0 Å². The predicted octanol–water partition coefficient (Wildman–Crippen LogP) is 5.11. The van der Waals surface area contributed by atoms with Crippen LogP contribution in [0.5, 0.6) is 0 Å². The van der Waals surface area contributed by atoms with Crippen LogP contribution >= 0.6 is 27.5 Å². The van der Waals surface area contributed by atoms with E-state index in [1.165, 1.54) is 0 Å². The molecule has 0 aliphatic carbocycles. The molecule has 3 aromatic rings. The Balaban J connectivity index is 2.27. The van der Waals surface area contributed by atoms with Crippen LogP contribution in [-0.2, 0) is 6.54 Å². The van der Waals surface area contributed by atoms with Crippen molar-refractivity contribution < 1.29 is 0 Å². The predicted molar refractivity (Wildman–Crippen MR) is 92.6 cm³/mol. The number of halogens is 2. The number of hydrogen-bond acceptors (Lipinski definition) is 2. The summed E-state index contributed by atoms with van der Waals surface area (Å²) < 4.78 is 3.23. The van der Waals surface area contributed by atoms with E-state index in [1.807, 2.05) is 24.3 Å². The van der Waals surface area contributed by atoms with Gasteiger partial charge in [-0.25, -0.2) is 4.98 Å². The SMILES string of the molecule is CCCn1c(-c2ccc(N)cc2Cl)nc2cc(Br)ccc21. The van der Waals surface area contributed by atoms with Gasteiger partial charge in [-0.15, -0.1) is 0 Å². The van der Waals surface area contributed by atoms with Gasteiger partial charge in [-0.1, -0.05) is 34.5 Å². The number of nitrogens with zero attached hydrogens (tertiary/aromatic N) is 2. The van der Waals surface area contributed by atoms with Gasteiger partial charge in [0.1, 0.15) is 5.82 Å². The molecule has 2 N–H and O–H groups in total. The van der Waals surface area contributed by atoms with E-state index >= 15 is 0 Å². The lowest BCUT2D eigenvalue weighted by molar-refractivity contribution is 0.704. The molecule has 0 atom stereocenters. The van der Waals surface area contributed by atoms with Gasteiger partial charge in [-0.3, -0.25) is 0 Å². The summed E-state index contributed by atoms with van der Waals surface area (Å²) in [6, 6.07) is 11.7. The molecule has 0 aliphatic heterocycles. The van der Waals surface area contributed by atoms with E-state index in [4.69, 9.17) is 22.3 Å². The monoisotopic (exact) mass is 363 g/mol. The standard InChI is InChI=1S/C16H15BrClN3/c1-2-7-21-15-6-3-10(17)8-14(15)20-16(21)12-5-4-11(19)9-13(12)18/h3-6,8-9H,2,7,19H2,1H3. The van der Waals surface area contributed by atoms with Crippen LogP contribution in [0.15, 0.2) is 40.9 Å². The van der Waals surface area contributed by atoms with Gasteiger partial charge < -0.3 is 10.3 Å². The number of aryl methyl sites for hydroxylation is 1. The van der Waals surface area contributed by atoms with E-state index in [1.54, 1.807) is 6.07 Å². The van der Waals surface area contributed by atoms with Crippen LogP contribution in [0, 0.1) is 0 Å². The zero-order valence-corrected chi connectivity index (χ0v) is 13.9. The van der Waals surface area contributed by atoms with Gasteiger partial charge in [0.2, 0.25) is 0 Å². The molecule has 108 valence electrons. The molecule has 3 rings (SSSR count). The Bertz CT molecular complexity index is 811. The highest BCUT2D eigenvalue weighted by Gasteiger charge is 2.15. The lowest BCUT2D eigenvalue weighted by atomic mass is 10.2. The fraction of sp³-hybridized carbons (Fsp3) is 0.188. The van der Waals surface area contributed by atoms with Gasteiger partial charge in [-0.05, 0) is 42.8 Å². The van der Waals surface area contributed by atoms with Crippen molar-refractivity contribution in [3.8, 4) is 11.4 Å². The summed E-state index contributed by atoms with van der Waals surface area (Å²) >= 11 is 9.85. The molecule has 0 amide bonds. The van der Waals surface area contributed by atoms with E-state index in [2.05, 4.69) is 33.5 Å². The van der Waals surface area contributed by atoms with E-state index < -0.39 is 0 Å². The van der Waals surface area contributed by atoms with Crippen LogP contribution in [-0.4, -0.2) is 9.55 Å². The molecular weight excluding hydrogens is 350 g/mol. The molecular formula is C16H15BrClN3. The molecule has 5 heteroatoms. The Morgan fingerprint density at radius 2 is 2.05 bits per heavy atom. The summed E-state index contributed by atoms with van der Waals surface area (Å²) in [6.07, 6.45) is 1.03. The third kappa shape index (κ3) is 2.65. The minimum absolute atomic E-state index is 0.627. The normalized spacial score (nSPS) is 11.2. The molecule has 1 heterocycles. The minimum atomic E-state index is 0.627. The number of benzene rings is 2. The molecule has 0 saturated carbocycles. The molecule has 2 aromatic carbocycles. The summed E-state index contributed by atoms with van der Waals surface area (Å²) in [6.45, 7) is 3.05. The van der Waals surface area contributed by atoms with Crippen LogP contribution < -0.4 is 5.73 Å². The van der Waals surface area contributed by atoms with Crippen molar-refractivity contribution in [2.75, 3.05) is 5.73 Å². The molecule has 0 unspecified atom stereocenters. The van der Waals surface area contributed by atoms with Crippen molar-refractivity contribution >= 4 is 44.3 Å². The van der Waals surface area contributed by atoms with Crippen LogP contribution in [0.2, 0.25) is 5.02 Å². The number of rotatable bonds is 3. The fourth-order valence-corrected chi connectivity index (χ4v) is 3.09. The Morgan fingerprint density at radius 3 is 2.76 bits per heavy atom. The minimum Gasteiger partial charge on any atom is -0.399 e. The van der Waals surface area contributed by atoms with Crippen molar-refractivity contribution in [3.63, 3.8) is 0 Å².